The van der Waals surface area contributed by atoms with Crippen molar-refractivity contribution in [3.8, 4) is 0 Å². The van der Waals surface area contributed by atoms with Crippen molar-refractivity contribution in [2.24, 2.45) is 5.92 Å². The molecular weight excluding hydrogens is 269 g/mol. The average Bonchev–Trinajstić information content (AvgIpc) is 2.89. The van der Waals surface area contributed by atoms with Gasteiger partial charge in [0.2, 0.25) is 0 Å². The SMILES string of the molecule is CC(C)C(PCc1ccccc1)N1CCC[C@H]1C(=O)O. The van der Waals surface area contributed by atoms with Gasteiger partial charge in [-0.15, -0.1) is 0 Å². The maximum atomic E-state index is 11.4. The summed E-state index contributed by atoms with van der Waals surface area (Å²) in [4.78, 5) is 13.6. The molecule has 0 aliphatic carbocycles. The zero-order valence-electron chi connectivity index (χ0n) is 12.2. The van der Waals surface area contributed by atoms with E-state index in [2.05, 4.69) is 43.0 Å². The molecule has 2 unspecified atom stereocenters. The summed E-state index contributed by atoms with van der Waals surface area (Å²) < 4.78 is 0. The number of aliphatic carboxylic acids is 1. The summed E-state index contributed by atoms with van der Waals surface area (Å²) >= 11 is 0. The van der Waals surface area contributed by atoms with Gasteiger partial charge in [-0.25, -0.2) is 0 Å². The Morgan fingerprint density at radius 2 is 2.10 bits per heavy atom. The molecule has 0 bridgehead atoms. The lowest BCUT2D eigenvalue weighted by molar-refractivity contribution is -0.142. The van der Waals surface area contributed by atoms with E-state index in [-0.39, 0.29) is 6.04 Å². The van der Waals surface area contributed by atoms with Crippen LogP contribution in [-0.4, -0.2) is 34.3 Å². The topological polar surface area (TPSA) is 40.5 Å². The van der Waals surface area contributed by atoms with Crippen LogP contribution in [0.1, 0.15) is 32.3 Å². The highest BCUT2D eigenvalue weighted by Gasteiger charge is 2.36. The monoisotopic (exact) mass is 293 g/mol. The molecule has 1 aliphatic heterocycles. The number of rotatable bonds is 6. The average molecular weight is 293 g/mol. The molecule has 0 radical (unpaired) electrons. The highest BCUT2D eigenvalue weighted by Crippen LogP contribution is 2.36. The third-order valence-corrected chi connectivity index (χ3v) is 5.96. The summed E-state index contributed by atoms with van der Waals surface area (Å²) in [6.07, 6.45) is 2.86. The molecule has 1 N–H and O–H groups in total. The van der Waals surface area contributed by atoms with Crippen LogP contribution < -0.4 is 0 Å². The maximum absolute atomic E-state index is 11.4. The molecule has 0 aromatic heterocycles. The number of hydrogen-bond acceptors (Lipinski definition) is 2. The Bertz CT molecular complexity index is 435. The Hall–Kier alpha value is -0.920. The Kier molecular flexibility index (Phi) is 5.56. The number of carboxylic acids is 1. The fourth-order valence-electron chi connectivity index (χ4n) is 2.94. The van der Waals surface area contributed by atoms with E-state index in [1.807, 2.05) is 6.07 Å². The summed E-state index contributed by atoms with van der Waals surface area (Å²) in [7, 11) is 0.756. The standard InChI is InChI=1S/C16H24NO2P/c1-12(2)15(17-10-6-9-14(17)16(18)19)20-11-13-7-4-3-5-8-13/h3-5,7-8,12,14-15,20H,6,9-11H2,1-2H3,(H,18,19)/t14-,15?/m0/s1. The Balaban J connectivity index is 2.02. The summed E-state index contributed by atoms with van der Waals surface area (Å²) in [6.45, 7) is 5.35. The van der Waals surface area contributed by atoms with Gasteiger partial charge in [-0.1, -0.05) is 52.8 Å². The first-order valence-corrected chi connectivity index (χ1v) is 8.64. The van der Waals surface area contributed by atoms with Gasteiger partial charge in [-0.3, -0.25) is 9.69 Å². The molecule has 20 heavy (non-hydrogen) atoms. The van der Waals surface area contributed by atoms with Crippen LogP contribution in [0.2, 0.25) is 0 Å². The van der Waals surface area contributed by atoms with Gasteiger partial charge >= 0.3 is 5.97 Å². The van der Waals surface area contributed by atoms with Gasteiger partial charge in [-0.05, 0) is 37.0 Å². The second kappa shape index (κ2) is 7.19. The molecular formula is C16H24NO2P. The lowest BCUT2D eigenvalue weighted by atomic mass is 10.1. The second-order valence-corrected chi connectivity index (χ2v) is 7.14. The third kappa shape index (κ3) is 3.80. The van der Waals surface area contributed by atoms with Gasteiger partial charge in [0.15, 0.2) is 0 Å². The van der Waals surface area contributed by atoms with Crippen LogP contribution in [0.3, 0.4) is 0 Å². The van der Waals surface area contributed by atoms with Crippen molar-refractivity contribution in [3.05, 3.63) is 35.9 Å². The lowest BCUT2D eigenvalue weighted by Gasteiger charge is -2.34. The number of carboxylic acid groups (broad SMARTS) is 1. The van der Waals surface area contributed by atoms with Crippen LogP contribution in [0.15, 0.2) is 30.3 Å². The van der Waals surface area contributed by atoms with Crippen molar-refractivity contribution in [2.45, 2.75) is 44.7 Å². The van der Waals surface area contributed by atoms with Gasteiger partial charge < -0.3 is 5.11 Å². The van der Waals surface area contributed by atoms with Crippen LogP contribution in [0.5, 0.6) is 0 Å². The first-order chi connectivity index (χ1) is 9.59. The van der Waals surface area contributed by atoms with Crippen molar-refractivity contribution in [1.82, 2.24) is 4.90 Å². The molecule has 1 heterocycles. The smallest absolute Gasteiger partial charge is 0.320 e. The lowest BCUT2D eigenvalue weighted by Crippen LogP contribution is -2.43. The predicted molar refractivity (Wildman–Crippen MR) is 84.5 cm³/mol. The number of benzene rings is 1. The highest BCUT2D eigenvalue weighted by atomic mass is 31.1. The zero-order chi connectivity index (χ0) is 14.5. The molecule has 1 aromatic rings. The minimum absolute atomic E-state index is 0.273. The molecule has 1 fully saturated rings. The molecule has 0 spiro atoms. The Morgan fingerprint density at radius 1 is 1.40 bits per heavy atom. The van der Waals surface area contributed by atoms with Crippen molar-refractivity contribution >= 4 is 14.6 Å². The van der Waals surface area contributed by atoms with E-state index in [4.69, 9.17) is 0 Å². The van der Waals surface area contributed by atoms with Crippen LogP contribution in [0.4, 0.5) is 0 Å². The van der Waals surface area contributed by atoms with Crippen LogP contribution in [-0.2, 0) is 11.0 Å². The largest absolute Gasteiger partial charge is 0.480 e. The van der Waals surface area contributed by atoms with Crippen molar-refractivity contribution < 1.29 is 9.90 Å². The summed E-state index contributed by atoms with van der Waals surface area (Å²) in [6, 6.07) is 10.2. The fraction of sp³-hybridized carbons (Fsp3) is 0.562. The minimum Gasteiger partial charge on any atom is -0.480 e. The summed E-state index contributed by atoms with van der Waals surface area (Å²) in [5.74, 6) is 0.230. The quantitative estimate of drug-likeness (QED) is 0.817. The second-order valence-electron chi connectivity index (χ2n) is 5.79. The van der Waals surface area contributed by atoms with Crippen molar-refractivity contribution in [3.63, 3.8) is 0 Å². The van der Waals surface area contributed by atoms with E-state index in [1.54, 1.807) is 0 Å². The molecule has 0 saturated carbocycles. The normalized spacial score (nSPS) is 21.9. The molecule has 1 saturated heterocycles. The molecule has 4 heteroatoms. The highest BCUT2D eigenvalue weighted by molar-refractivity contribution is 7.37. The fourth-order valence-corrected chi connectivity index (χ4v) is 4.64. The minimum atomic E-state index is -0.655. The Morgan fingerprint density at radius 3 is 2.70 bits per heavy atom. The van der Waals surface area contributed by atoms with E-state index in [0.717, 1.165) is 34.1 Å². The molecule has 1 aliphatic rings. The number of hydrogen-bond donors (Lipinski definition) is 1. The summed E-state index contributed by atoms with van der Waals surface area (Å²) in [5.41, 5.74) is 1.35. The molecule has 1 aromatic carbocycles. The Labute approximate surface area is 123 Å². The van der Waals surface area contributed by atoms with E-state index in [9.17, 15) is 9.90 Å². The van der Waals surface area contributed by atoms with Gasteiger partial charge in [0.05, 0.1) is 0 Å². The predicted octanol–water partition coefficient (Wildman–Crippen LogP) is 3.40. The van der Waals surface area contributed by atoms with Gasteiger partial charge in [-0.2, -0.15) is 0 Å². The molecule has 110 valence electrons. The third-order valence-electron chi connectivity index (χ3n) is 3.93. The van der Waals surface area contributed by atoms with E-state index >= 15 is 0 Å². The van der Waals surface area contributed by atoms with Crippen LogP contribution in [0, 0.1) is 5.92 Å². The van der Waals surface area contributed by atoms with Crippen molar-refractivity contribution in [1.29, 1.82) is 0 Å². The number of carbonyl (C=O) groups is 1. The van der Waals surface area contributed by atoms with E-state index in [0.29, 0.717) is 11.7 Å². The molecule has 3 nitrogen and oxygen atoms in total. The van der Waals surface area contributed by atoms with Gasteiger partial charge in [0.25, 0.3) is 0 Å². The molecule has 2 rings (SSSR count). The maximum Gasteiger partial charge on any atom is 0.320 e. The summed E-state index contributed by atoms with van der Waals surface area (Å²) in [5, 5.41) is 9.36. The van der Waals surface area contributed by atoms with Crippen molar-refractivity contribution in [2.75, 3.05) is 6.54 Å². The van der Waals surface area contributed by atoms with E-state index < -0.39 is 5.97 Å². The first-order valence-electron chi connectivity index (χ1n) is 7.35. The zero-order valence-corrected chi connectivity index (χ0v) is 13.2. The van der Waals surface area contributed by atoms with Gasteiger partial charge in [0.1, 0.15) is 6.04 Å². The molecule has 3 atom stereocenters. The van der Waals surface area contributed by atoms with E-state index in [1.165, 1.54) is 5.56 Å². The number of nitrogens with zero attached hydrogens (tertiary/aromatic N) is 1. The number of likely N-dealkylation sites (tertiary alicyclic amines) is 1. The van der Waals surface area contributed by atoms with Gasteiger partial charge in [0, 0.05) is 5.78 Å². The molecule has 0 amide bonds. The first kappa shape index (κ1) is 15.5. The van der Waals surface area contributed by atoms with Crippen LogP contribution >= 0.6 is 8.58 Å². The van der Waals surface area contributed by atoms with Crippen LogP contribution in [0.25, 0.3) is 0 Å².